The number of ketones is 1. The zero-order valence-corrected chi connectivity index (χ0v) is 16.9. The third-order valence-electron chi connectivity index (χ3n) is 3.64. The van der Waals surface area contributed by atoms with Crippen LogP contribution in [0.4, 0.5) is 4.79 Å². The third kappa shape index (κ3) is 3.96. The number of benzene rings is 1. The molecule has 0 aliphatic rings. The molecular formula is C19H18N2O4S2. The van der Waals surface area contributed by atoms with Crippen molar-refractivity contribution in [2.75, 3.05) is 6.26 Å². The lowest BCUT2D eigenvalue weighted by Gasteiger charge is -2.19. The van der Waals surface area contributed by atoms with Crippen molar-refractivity contribution < 1.29 is 19.1 Å². The first-order chi connectivity index (χ1) is 12.7. The van der Waals surface area contributed by atoms with Crippen LogP contribution in [-0.2, 0) is 4.74 Å². The van der Waals surface area contributed by atoms with Crippen LogP contribution >= 0.6 is 23.1 Å². The highest BCUT2D eigenvalue weighted by Gasteiger charge is 2.25. The summed E-state index contributed by atoms with van der Waals surface area (Å²) in [5.41, 5.74) is 0.516. The van der Waals surface area contributed by atoms with Crippen LogP contribution in [0.15, 0.2) is 35.8 Å². The van der Waals surface area contributed by atoms with Gasteiger partial charge in [-0.05, 0) is 33.1 Å². The Hall–Kier alpha value is -2.45. The zero-order chi connectivity index (χ0) is 19.8. The van der Waals surface area contributed by atoms with Crippen LogP contribution in [0.5, 0.6) is 0 Å². The van der Waals surface area contributed by atoms with E-state index in [1.165, 1.54) is 10.8 Å². The Morgan fingerprint density at radius 2 is 1.89 bits per heavy atom. The van der Waals surface area contributed by atoms with Gasteiger partial charge in [0.2, 0.25) is 10.9 Å². The van der Waals surface area contributed by atoms with Crippen LogP contribution in [0.1, 0.15) is 46.6 Å². The molecule has 2 heterocycles. The number of rotatable bonds is 3. The number of hydrogen-bond acceptors (Lipinski definition) is 7. The van der Waals surface area contributed by atoms with Crippen molar-refractivity contribution in [2.24, 2.45) is 0 Å². The molecule has 0 saturated carbocycles. The number of thioether (sulfide) groups is 1. The number of hydrogen-bond donors (Lipinski definition) is 0. The number of nitrogens with zero attached hydrogens (tertiary/aromatic N) is 2. The lowest BCUT2D eigenvalue weighted by Crippen LogP contribution is -2.26. The van der Waals surface area contributed by atoms with E-state index in [0.717, 1.165) is 23.1 Å². The minimum Gasteiger partial charge on any atom is -0.443 e. The van der Waals surface area contributed by atoms with Gasteiger partial charge in [0.15, 0.2) is 5.01 Å². The summed E-state index contributed by atoms with van der Waals surface area (Å²) in [5, 5.41) is 2.21. The van der Waals surface area contributed by atoms with Crippen LogP contribution in [0.3, 0.4) is 0 Å². The van der Waals surface area contributed by atoms with Crippen LogP contribution in [0, 0.1) is 0 Å². The lowest BCUT2D eigenvalue weighted by molar-refractivity contribution is 0.0544. The molecule has 0 radical (unpaired) electrons. The quantitative estimate of drug-likeness (QED) is 0.595. The van der Waals surface area contributed by atoms with E-state index in [4.69, 9.17) is 4.74 Å². The fourth-order valence-electron chi connectivity index (χ4n) is 2.51. The molecule has 0 amide bonds. The molecule has 8 heteroatoms. The van der Waals surface area contributed by atoms with Gasteiger partial charge in [-0.15, -0.1) is 11.3 Å². The number of carbonyl (C=O) groups is 3. The highest BCUT2D eigenvalue weighted by molar-refractivity contribution is 8.13. The van der Waals surface area contributed by atoms with Crippen LogP contribution in [-0.4, -0.2) is 38.4 Å². The largest absolute Gasteiger partial charge is 0.443 e. The maximum absolute atomic E-state index is 13.0. The van der Waals surface area contributed by atoms with Crippen molar-refractivity contribution in [3.8, 4) is 0 Å². The number of thiazole rings is 1. The number of fused-ring (bicyclic) bond motifs is 1. The average Bonchev–Trinajstić information content (AvgIpc) is 3.24. The van der Waals surface area contributed by atoms with Gasteiger partial charge in [-0.2, -0.15) is 0 Å². The van der Waals surface area contributed by atoms with E-state index >= 15 is 0 Å². The molecule has 3 aromatic rings. The Balaban J connectivity index is 2.04. The van der Waals surface area contributed by atoms with Gasteiger partial charge in [-0.1, -0.05) is 30.0 Å². The summed E-state index contributed by atoms with van der Waals surface area (Å²) in [5.74, 6) is -0.335. The van der Waals surface area contributed by atoms with Gasteiger partial charge in [-0.3, -0.25) is 14.2 Å². The minimum atomic E-state index is -0.658. The van der Waals surface area contributed by atoms with Crippen molar-refractivity contribution in [2.45, 2.75) is 26.4 Å². The average molecular weight is 402 g/mol. The van der Waals surface area contributed by atoms with Crippen molar-refractivity contribution in [1.29, 1.82) is 0 Å². The summed E-state index contributed by atoms with van der Waals surface area (Å²) in [6.45, 7) is 5.34. The molecule has 0 unspecified atom stereocenters. The molecule has 0 aliphatic heterocycles. The molecule has 0 spiro atoms. The SMILES string of the molecule is CSC(=O)c1csc(C(=O)c2cn(C(=O)OC(C)(C)C)c3ccccc23)n1. The van der Waals surface area contributed by atoms with Gasteiger partial charge in [0, 0.05) is 17.0 Å². The summed E-state index contributed by atoms with van der Waals surface area (Å²) < 4.78 is 6.76. The molecule has 27 heavy (non-hydrogen) atoms. The number of carbonyl (C=O) groups excluding carboxylic acids is 3. The predicted molar refractivity (Wildman–Crippen MR) is 107 cm³/mol. The van der Waals surface area contributed by atoms with Crippen molar-refractivity contribution >= 4 is 51.0 Å². The van der Waals surface area contributed by atoms with E-state index in [1.54, 1.807) is 56.7 Å². The molecular weight excluding hydrogens is 384 g/mol. The normalized spacial score (nSPS) is 11.6. The molecule has 6 nitrogen and oxygen atoms in total. The number of para-hydroxylation sites is 1. The Morgan fingerprint density at radius 3 is 2.56 bits per heavy atom. The van der Waals surface area contributed by atoms with E-state index in [2.05, 4.69) is 4.98 Å². The van der Waals surface area contributed by atoms with E-state index in [-0.39, 0.29) is 21.6 Å². The molecule has 0 saturated heterocycles. The van der Waals surface area contributed by atoms with Crippen molar-refractivity contribution in [1.82, 2.24) is 9.55 Å². The van der Waals surface area contributed by atoms with Gasteiger partial charge < -0.3 is 4.74 Å². The second-order valence-corrected chi connectivity index (χ2v) is 8.41. The first kappa shape index (κ1) is 19.3. The Kier molecular flexibility index (Phi) is 5.21. The first-order valence-corrected chi connectivity index (χ1v) is 10.2. The first-order valence-electron chi connectivity index (χ1n) is 8.13. The standard InChI is InChI=1S/C19H18N2O4S2/c1-19(2,3)25-18(24)21-9-12(11-7-5-6-8-14(11)21)15(22)16-20-13(10-27-16)17(23)26-4/h5-10H,1-4H3. The maximum Gasteiger partial charge on any atom is 0.419 e. The summed E-state index contributed by atoms with van der Waals surface area (Å²) >= 11 is 2.16. The molecule has 0 N–H and O–H groups in total. The molecule has 2 aromatic heterocycles. The summed E-state index contributed by atoms with van der Waals surface area (Å²) in [7, 11) is 0. The van der Waals surface area contributed by atoms with Crippen LogP contribution < -0.4 is 0 Å². The van der Waals surface area contributed by atoms with Gasteiger partial charge in [0.25, 0.3) is 0 Å². The summed E-state index contributed by atoms with van der Waals surface area (Å²) in [6, 6.07) is 7.10. The minimum absolute atomic E-state index is 0.193. The van der Waals surface area contributed by atoms with Crippen LogP contribution in [0.25, 0.3) is 10.9 Å². The van der Waals surface area contributed by atoms with Crippen molar-refractivity contribution in [3.63, 3.8) is 0 Å². The molecule has 0 bridgehead atoms. The summed E-state index contributed by atoms with van der Waals surface area (Å²) in [4.78, 5) is 41.4. The van der Waals surface area contributed by atoms with Crippen molar-refractivity contribution in [3.05, 3.63) is 52.1 Å². The Labute approximate surface area is 164 Å². The Bertz CT molecular complexity index is 1040. The second-order valence-electron chi connectivity index (χ2n) is 6.77. The van der Waals surface area contributed by atoms with Gasteiger partial charge in [0.1, 0.15) is 11.3 Å². The number of ether oxygens (including phenoxy) is 1. The molecule has 0 atom stereocenters. The highest BCUT2D eigenvalue weighted by atomic mass is 32.2. The summed E-state index contributed by atoms with van der Waals surface area (Å²) in [6.07, 6.45) is 2.58. The monoisotopic (exact) mass is 402 g/mol. The maximum atomic E-state index is 13.0. The zero-order valence-electron chi connectivity index (χ0n) is 15.3. The Morgan fingerprint density at radius 1 is 1.19 bits per heavy atom. The van der Waals surface area contributed by atoms with E-state index < -0.39 is 11.7 Å². The van der Waals surface area contributed by atoms with Gasteiger partial charge in [-0.25, -0.2) is 9.78 Å². The third-order valence-corrected chi connectivity index (χ3v) is 5.06. The fraction of sp³-hybridized carbons (Fsp3) is 0.263. The topological polar surface area (TPSA) is 78.3 Å². The smallest absolute Gasteiger partial charge is 0.419 e. The molecule has 1 aromatic carbocycles. The molecule has 3 rings (SSSR count). The van der Waals surface area contributed by atoms with E-state index in [9.17, 15) is 14.4 Å². The van der Waals surface area contributed by atoms with E-state index in [1.807, 2.05) is 0 Å². The highest BCUT2D eigenvalue weighted by Crippen LogP contribution is 2.26. The van der Waals surface area contributed by atoms with Gasteiger partial charge in [0.05, 0.1) is 11.1 Å². The molecule has 140 valence electrons. The molecule has 0 aliphatic carbocycles. The van der Waals surface area contributed by atoms with Gasteiger partial charge >= 0.3 is 6.09 Å². The van der Waals surface area contributed by atoms with E-state index in [0.29, 0.717) is 16.5 Å². The second kappa shape index (κ2) is 7.28. The predicted octanol–water partition coefficient (Wildman–Crippen LogP) is 4.62. The fourth-order valence-corrected chi connectivity index (χ4v) is 3.65. The van der Waals surface area contributed by atoms with Crippen LogP contribution in [0.2, 0.25) is 0 Å². The number of aromatic nitrogens is 2. The molecule has 0 fully saturated rings. The lowest BCUT2D eigenvalue weighted by atomic mass is 10.1.